The largest absolute Gasteiger partial charge is 0.232 e. The second-order valence-corrected chi connectivity index (χ2v) is 3.39. The molecule has 0 bridgehead atoms. The summed E-state index contributed by atoms with van der Waals surface area (Å²) in [7, 11) is 0. The van der Waals surface area contributed by atoms with Gasteiger partial charge in [-0.15, -0.1) is 0 Å². The van der Waals surface area contributed by atoms with E-state index >= 15 is 0 Å². The van der Waals surface area contributed by atoms with Gasteiger partial charge in [0.2, 0.25) is 5.82 Å². The molecule has 68 valence electrons. The number of nitriles is 1. The van der Waals surface area contributed by atoms with Crippen LogP contribution < -0.4 is 0 Å². The second-order valence-electron chi connectivity index (χ2n) is 2.83. The van der Waals surface area contributed by atoms with Crippen LogP contribution >= 0.6 is 15.9 Å². The van der Waals surface area contributed by atoms with Crippen LogP contribution in [0.15, 0.2) is 24.4 Å². The van der Waals surface area contributed by atoms with Crippen LogP contribution in [0.25, 0.3) is 10.9 Å². The first kappa shape index (κ1) is 9.10. The van der Waals surface area contributed by atoms with Gasteiger partial charge >= 0.3 is 0 Å². The number of halogens is 1. The predicted octanol–water partition coefficient (Wildman–Crippen LogP) is 2.40. The highest BCUT2D eigenvalue weighted by molar-refractivity contribution is 9.08. The van der Waals surface area contributed by atoms with Crippen molar-refractivity contribution in [3.05, 3.63) is 35.8 Å². The van der Waals surface area contributed by atoms with Gasteiger partial charge in [0, 0.05) is 16.9 Å². The van der Waals surface area contributed by atoms with Crippen molar-refractivity contribution in [1.29, 1.82) is 5.26 Å². The van der Waals surface area contributed by atoms with Gasteiger partial charge in [-0.3, -0.25) is 0 Å². The summed E-state index contributed by atoms with van der Waals surface area (Å²) in [6.45, 7) is 0. The molecule has 3 nitrogen and oxygen atoms in total. The van der Waals surface area contributed by atoms with E-state index in [2.05, 4.69) is 25.9 Å². The zero-order valence-electron chi connectivity index (χ0n) is 7.24. The molecule has 0 atom stereocenters. The Morgan fingerprint density at radius 3 is 3.00 bits per heavy atom. The van der Waals surface area contributed by atoms with E-state index in [0.717, 1.165) is 16.2 Å². The molecule has 0 unspecified atom stereocenters. The van der Waals surface area contributed by atoms with E-state index in [1.807, 2.05) is 24.3 Å². The van der Waals surface area contributed by atoms with Crippen LogP contribution in [-0.2, 0) is 5.33 Å². The van der Waals surface area contributed by atoms with Crippen molar-refractivity contribution < 1.29 is 0 Å². The number of benzene rings is 1. The topological polar surface area (TPSA) is 49.6 Å². The van der Waals surface area contributed by atoms with Crippen LogP contribution in [0, 0.1) is 11.3 Å². The lowest BCUT2D eigenvalue weighted by molar-refractivity contribution is 1.16. The third kappa shape index (κ3) is 1.59. The van der Waals surface area contributed by atoms with Gasteiger partial charge in [0.15, 0.2) is 0 Å². The first-order valence-corrected chi connectivity index (χ1v) is 5.17. The van der Waals surface area contributed by atoms with E-state index in [-0.39, 0.29) is 5.82 Å². The maximum Gasteiger partial charge on any atom is 0.232 e. The van der Waals surface area contributed by atoms with Crippen molar-refractivity contribution in [3.63, 3.8) is 0 Å². The summed E-state index contributed by atoms with van der Waals surface area (Å²) in [5.74, 6) is 0.212. The standard InChI is InChI=1S/C10H6BrN3/c11-4-7-1-2-9-8(3-7)6-13-10(5-12)14-9/h1-3,6H,4H2. The SMILES string of the molecule is N#Cc1ncc2cc(CBr)ccc2n1. The lowest BCUT2D eigenvalue weighted by atomic mass is 10.2. The summed E-state index contributed by atoms with van der Waals surface area (Å²) < 4.78 is 0. The molecule has 0 spiro atoms. The molecular formula is C10H6BrN3. The van der Waals surface area contributed by atoms with E-state index < -0.39 is 0 Å². The molecule has 0 aliphatic rings. The molecule has 2 aromatic rings. The van der Waals surface area contributed by atoms with Crippen molar-refractivity contribution >= 4 is 26.8 Å². The lowest BCUT2D eigenvalue weighted by Gasteiger charge is -1.99. The minimum Gasteiger partial charge on any atom is -0.227 e. The first-order valence-electron chi connectivity index (χ1n) is 4.05. The molecule has 0 saturated heterocycles. The molecule has 2 rings (SSSR count). The van der Waals surface area contributed by atoms with Crippen LogP contribution in [0.2, 0.25) is 0 Å². The van der Waals surface area contributed by atoms with Gasteiger partial charge in [-0.1, -0.05) is 22.0 Å². The Hall–Kier alpha value is -1.47. The van der Waals surface area contributed by atoms with Crippen molar-refractivity contribution in [1.82, 2.24) is 9.97 Å². The number of nitrogens with zero attached hydrogens (tertiary/aromatic N) is 3. The summed E-state index contributed by atoms with van der Waals surface area (Å²) >= 11 is 3.38. The number of hydrogen-bond donors (Lipinski definition) is 0. The van der Waals surface area contributed by atoms with Gasteiger partial charge in [-0.2, -0.15) is 5.26 Å². The fourth-order valence-corrected chi connectivity index (χ4v) is 1.57. The summed E-state index contributed by atoms with van der Waals surface area (Å²) in [5, 5.41) is 10.4. The van der Waals surface area contributed by atoms with E-state index in [0.29, 0.717) is 0 Å². The molecule has 0 fully saturated rings. The summed E-state index contributed by atoms with van der Waals surface area (Å²) in [4.78, 5) is 7.99. The number of hydrogen-bond acceptors (Lipinski definition) is 3. The van der Waals surface area contributed by atoms with Gasteiger partial charge in [-0.25, -0.2) is 9.97 Å². The molecule has 0 amide bonds. The summed E-state index contributed by atoms with van der Waals surface area (Å²) in [5.41, 5.74) is 1.98. The monoisotopic (exact) mass is 247 g/mol. The summed E-state index contributed by atoms with van der Waals surface area (Å²) in [6, 6.07) is 7.80. The number of aromatic nitrogens is 2. The summed E-state index contributed by atoms with van der Waals surface area (Å²) in [6.07, 6.45) is 1.67. The van der Waals surface area contributed by atoms with Gasteiger partial charge < -0.3 is 0 Å². The highest BCUT2D eigenvalue weighted by Gasteiger charge is 1.99. The van der Waals surface area contributed by atoms with E-state index in [1.54, 1.807) is 6.20 Å². The Labute approximate surface area is 89.5 Å². The smallest absolute Gasteiger partial charge is 0.227 e. The number of alkyl halides is 1. The van der Waals surface area contributed by atoms with Crippen molar-refractivity contribution in [2.24, 2.45) is 0 Å². The van der Waals surface area contributed by atoms with E-state index in [4.69, 9.17) is 5.26 Å². The third-order valence-corrected chi connectivity index (χ3v) is 2.55. The molecule has 14 heavy (non-hydrogen) atoms. The Morgan fingerprint density at radius 1 is 1.43 bits per heavy atom. The van der Waals surface area contributed by atoms with Crippen LogP contribution in [0.4, 0.5) is 0 Å². The average molecular weight is 248 g/mol. The number of rotatable bonds is 1. The highest BCUT2D eigenvalue weighted by atomic mass is 79.9. The fraction of sp³-hybridized carbons (Fsp3) is 0.100. The number of fused-ring (bicyclic) bond motifs is 1. The van der Waals surface area contributed by atoms with Gasteiger partial charge in [0.1, 0.15) is 6.07 Å². The quantitative estimate of drug-likeness (QED) is 0.728. The molecule has 0 N–H and O–H groups in total. The Bertz CT molecular complexity index is 516. The minimum absolute atomic E-state index is 0.212. The van der Waals surface area contributed by atoms with Crippen LogP contribution in [0.5, 0.6) is 0 Å². The van der Waals surface area contributed by atoms with Crippen LogP contribution in [-0.4, -0.2) is 9.97 Å². The third-order valence-electron chi connectivity index (χ3n) is 1.90. The fourth-order valence-electron chi connectivity index (χ4n) is 1.22. The van der Waals surface area contributed by atoms with Gasteiger partial charge in [-0.05, 0) is 17.7 Å². The molecule has 1 aromatic carbocycles. The molecule has 0 saturated carbocycles. The predicted molar refractivity (Wildman–Crippen MR) is 56.9 cm³/mol. The van der Waals surface area contributed by atoms with Gasteiger partial charge in [0.05, 0.1) is 5.52 Å². The lowest BCUT2D eigenvalue weighted by Crippen LogP contribution is -1.89. The molecule has 4 heteroatoms. The molecule has 1 aromatic heterocycles. The highest BCUT2D eigenvalue weighted by Crippen LogP contribution is 2.14. The maximum atomic E-state index is 8.62. The normalized spacial score (nSPS) is 10.0. The zero-order valence-corrected chi connectivity index (χ0v) is 8.82. The second kappa shape index (κ2) is 3.72. The molecular weight excluding hydrogens is 242 g/mol. The van der Waals surface area contributed by atoms with Crippen LogP contribution in [0.1, 0.15) is 11.4 Å². The van der Waals surface area contributed by atoms with E-state index in [9.17, 15) is 0 Å². The van der Waals surface area contributed by atoms with Crippen molar-refractivity contribution in [3.8, 4) is 6.07 Å². The minimum atomic E-state index is 0.212. The Morgan fingerprint density at radius 2 is 2.29 bits per heavy atom. The first-order chi connectivity index (χ1) is 6.83. The molecule has 1 heterocycles. The van der Waals surface area contributed by atoms with E-state index in [1.165, 1.54) is 5.56 Å². The van der Waals surface area contributed by atoms with Gasteiger partial charge in [0.25, 0.3) is 0 Å². The Kier molecular flexibility index (Phi) is 2.42. The average Bonchev–Trinajstić information content (AvgIpc) is 2.27. The van der Waals surface area contributed by atoms with Crippen molar-refractivity contribution in [2.45, 2.75) is 5.33 Å². The zero-order chi connectivity index (χ0) is 9.97. The molecule has 0 aliphatic carbocycles. The van der Waals surface area contributed by atoms with Crippen LogP contribution in [0.3, 0.4) is 0 Å². The maximum absolute atomic E-state index is 8.62. The molecule has 0 radical (unpaired) electrons. The Balaban J connectivity index is 2.64. The molecule has 0 aliphatic heterocycles. The van der Waals surface area contributed by atoms with Crippen molar-refractivity contribution in [2.75, 3.05) is 0 Å².